The number of aliphatic hydroxyl groups excluding tert-OH is 1. The molecule has 1 aliphatic rings. The monoisotopic (exact) mass is 128 g/mol. The molecule has 0 spiro atoms. The van der Waals surface area contributed by atoms with Gasteiger partial charge in [0.05, 0.1) is 6.10 Å². The van der Waals surface area contributed by atoms with Crippen molar-refractivity contribution in [3.05, 3.63) is 0 Å². The molecule has 1 heteroatoms. The zero-order valence-corrected chi connectivity index (χ0v) is 6.30. The fourth-order valence-electron chi connectivity index (χ4n) is 1.89. The largest absolute Gasteiger partial charge is 0.393 e. The summed E-state index contributed by atoms with van der Waals surface area (Å²) in [6.07, 6.45) is 3.79. The summed E-state index contributed by atoms with van der Waals surface area (Å²) >= 11 is 0. The third-order valence-electron chi connectivity index (χ3n) is 2.55. The van der Waals surface area contributed by atoms with Crippen LogP contribution in [0.5, 0.6) is 0 Å². The molecule has 0 heterocycles. The van der Waals surface area contributed by atoms with Gasteiger partial charge in [-0.25, -0.2) is 0 Å². The second-order valence-corrected chi connectivity index (χ2v) is 3.31. The van der Waals surface area contributed by atoms with Gasteiger partial charge in [0.15, 0.2) is 0 Å². The van der Waals surface area contributed by atoms with Crippen LogP contribution in [0, 0.1) is 11.8 Å². The van der Waals surface area contributed by atoms with Crippen LogP contribution in [0.3, 0.4) is 0 Å². The van der Waals surface area contributed by atoms with Gasteiger partial charge in [-0.05, 0) is 25.2 Å². The quantitative estimate of drug-likeness (QED) is 0.571. The van der Waals surface area contributed by atoms with E-state index in [2.05, 4.69) is 6.92 Å². The highest BCUT2D eigenvalue weighted by Gasteiger charge is 2.26. The first-order valence-corrected chi connectivity index (χ1v) is 3.90. The summed E-state index contributed by atoms with van der Waals surface area (Å²) in [5.74, 6) is 1.34. The van der Waals surface area contributed by atoms with Gasteiger partial charge in [0.1, 0.15) is 0 Å². The molecule has 0 radical (unpaired) electrons. The van der Waals surface area contributed by atoms with E-state index in [0.29, 0.717) is 5.92 Å². The average molecular weight is 128 g/mol. The molecule has 9 heavy (non-hydrogen) atoms. The molecular formula is C8H16O. The molecule has 1 saturated carbocycles. The number of hydrogen-bond donors (Lipinski definition) is 1. The smallest absolute Gasteiger partial charge is 0.0542 e. The van der Waals surface area contributed by atoms with Crippen molar-refractivity contribution in [1.29, 1.82) is 0 Å². The van der Waals surface area contributed by atoms with Crippen molar-refractivity contribution in [2.45, 2.75) is 39.2 Å². The van der Waals surface area contributed by atoms with Gasteiger partial charge in [-0.15, -0.1) is 0 Å². The Morgan fingerprint density at radius 3 is 2.33 bits per heavy atom. The van der Waals surface area contributed by atoms with Gasteiger partial charge in [-0.1, -0.05) is 19.8 Å². The normalized spacial score (nSPS) is 39.0. The highest BCUT2D eigenvalue weighted by Crippen LogP contribution is 2.33. The second-order valence-electron chi connectivity index (χ2n) is 3.31. The predicted octanol–water partition coefficient (Wildman–Crippen LogP) is 1.80. The van der Waals surface area contributed by atoms with E-state index in [1.54, 1.807) is 0 Å². The van der Waals surface area contributed by atoms with Gasteiger partial charge >= 0.3 is 0 Å². The predicted molar refractivity (Wildman–Crippen MR) is 38.2 cm³/mol. The van der Waals surface area contributed by atoms with E-state index in [-0.39, 0.29) is 6.10 Å². The Bertz CT molecular complexity index is 88.6. The summed E-state index contributed by atoms with van der Waals surface area (Å²) in [6, 6.07) is 0. The van der Waals surface area contributed by atoms with E-state index in [1.807, 2.05) is 6.92 Å². The van der Waals surface area contributed by atoms with Gasteiger partial charge in [0.25, 0.3) is 0 Å². The van der Waals surface area contributed by atoms with Crippen LogP contribution in [-0.4, -0.2) is 11.2 Å². The van der Waals surface area contributed by atoms with Crippen LogP contribution in [0.4, 0.5) is 0 Å². The first-order chi connectivity index (χ1) is 4.22. The Hall–Kier alpha value is -0.0400. The zero-order chi connectivity index (χ0) is 6.85. The van der Waals surface area contributed by atoms with E-state index in [9.17, 15) is 5.11 Å². The van der Waals surface area contributed by atoms with Gasteiger partial charge in [0.2, 0.25) is 0 Å². The van der Waals surface area contributed by atoms with Crippen LogP contribution < -0.4 is 0 Å². The minimum atomic E-state index is -0.0810. The summed E-state index contributed by atoms with van der Waals surface area (Å²) in [7, 11) is 0. The van der Waals surface area contributed by atoms with Gasteiger partial charge in [-0.3, -0.25) is 0 Å². The number of aliphatic hydroxyl groups is 1. The molecule has 1 nitrogen and oxygen atoms in total. The molecule has 0 aromatic heterocycles. The summed E-state index contributed by atoms with van der Waals surface area (Å²) in [5.41, 5.74) is 0. The molecule has 1 fully saturated rings. The van der Waals surface area contributed by atoms with E-state index >= 15 is 0 Å². The Morgan fingerprint density at radius 1 is 1.44 bits per heavy atom. The Kier molecular flexibility index (Phi) is 2.12. The van der Waals surface area contributed by atoms with Crippen LogP contribution in [-0.2, 0) is 0 Å². The maximum absolute atomic E-state index is 9.22. The van der Waals surface area contributed by atoms with Crippen LogP contribution in [0.15, 0.2) is 0 Å². The Balaban J connectivity index is 2.40. The van der Waals surface area contributed by atoms with Crippen LogP contribution in [0.1, 0.15) is 33.1 Å². The number of hydrogen-bond acceptors (Lipinski definition) is 1. The molecule has 0 aliphatic heterocycles. The molecule has 54 valence electrons. The van der Waals surface area contributed by atoms with Crippen molar-refractivity contribution in [2.75, 3.05) is 0 Å². The molecule has 0 saturated heterocycles. The highest BCUT2D eigenvalue weighted by molar-refractivity contribution is 4.77. The Morgan fingerprint density at radius 2 is 2.11 bits per heavy atom. The number of rotatable bonds is 1. The molecule has 0 unspecified atom stereocenters. The second kappa shape index (κ2) is 2.70. The molecular weight excluding hydrogens is 112 g/mol. The maximum Gasteiger partial charge on any atom is 0.0542 e. The first-order valence-electron chi connectivity index (χ1n) is 3.90. The van der Waals surface area contributed by atoms with E-state index < -0.39 is 0 Å². The van der Waals surface area contributed by atoms with Crippen molar-refractivity contribution < 1.29 is 5.11 Å². The van der Waals surface area contributed by atoms with E-state index in [1.165, 1.54) is 19.3 Å². The standard InChI is InChI=1S/C8H16O/c1-6-4-3-5-8(6)7(2)9/h6-9H,3-5H2,1-2H3/t6-,7-,8+/m1/s1. The third kappa shape index (κ3) is 1.45. The highest BCUT2D eigenvalue weighted by atomic mass is 16.3. The fraction of sp³-hybridized carbons (Fsp3) is 1.00. The molecule has 0 aromatic carbocycles. The molecule has 1 N–H and O–H groups in total. The third-order valence-corrected chi connectivity index (χ3v) is 2.55. The lowest BCUT2D eigenvalue weighted by atomic mass is 9.93. The minimum absolute atomic E-state index is 0.0810. The molecule has 1 aliphatic carbocycles. The van der Waals surface area contributed by atoms with Crippen LogP contribution in [0.2, 0.25) is 0 Å². The minimum Gasteiger partial charge on any atom is -0.393 e. The van der Waals surface area contributed by atoms with Crippen molar-refractivity contribution in [2.24, 2.45) is 11.8 Å². The van der Waals surface area contributed by atoms with Crippen LogP contribution >= 0.6 is 0 Å². The summed E-state index contributed by atoms with van der Waals surface area (Å²) < 4.78 is 0. The van der Waals surface area contributed by atoms with E-state index in [4.69, 9.17) is 0 Å². The van der Waals surface area contributed by atoms with Crippen molar-refractivity contribution in [3.8, 4) is 0 Å². The lowest BCUT2D eigenvalue weighted by molar-refractivity contribution is 0.107. The molecule has 3 atom stereocenters. The van der Waals surface area contributed by atoms with Gasteiger partial charge < -0.3 is 5.11 Å². The molecule has 0 bridgehead atoms. The zero-order valence-electron chi connectivity index (χ0n) is 6.30. The summed E-state index contributed by atoms with van der Waals surface area (Å²) in [5, 5.41) is 9.22. The maximum atomic E-state index is 9.22. The SMILES string of the molecule is C[C@@H]1CCC[C@@H]1[C@@H](C)O. The lowest BCUT2D eigenvalue weighted by Gasteiger charge is -2.17. The molecule has 1 rings (SSSR count). The summed E-state index contributed by atoms with van der Waals surface area (Å²) in [4.78, 5) is 0. The van der Waals surface area contributed by atoms with Gasteiger partial charge in [-0.2, -0.15) is 0 Å². The fourth-order valence-corrected chi connectivity index (χ4v) is 1.89. The summed E-state index contributed by atoms with van der Waals surface area (Å²) in [6.45, 7) is 4.15. The molecule has 0 aromatic rings. The molecule has 0 amide bonds. The van der Waals surface area contributed by atoms with Gasteiger partial charge in [0, 0.05) is 0 Å². The lowest BCUT2D eigenvalue weighted by Crippen LogP contribution is -2.18. The van der Waals surface area contributed by atoms with Crippen molar-refractivity contribution >= 4 is 0 Å². The van der Waals surface area contributed by atoms with Crippen molar-refractivity contribution in [1.82, 2.24) is 0 Å². The first kappa shape index (κ1) is 7.07. The Labute approximate surface area is 57.1 Å². The topological polar surface area (TPSA) is 20.2 Å². The van der Waals surface area contributed by atoms with Crippen molar-refractivity contribution in [3.63, 3.8) is 0 Å². The van der Waals surface area contributed by atoms with Crippen LogP contribution in [0.25, 0.3) is 0 Å². The average Bonchev–Trinajstić information content (AvgIpc) is 2.13. The van der Waals surface area contributed by atoms with E-state index in [0.717, 1.165) is 5.92 Å².